The fraction of sp³-hybridized carbons (Fsp3) is 0.222. The van der Waals surface area contributed by atoms with Gasteiger partial charge in [0.05, 0.1) is 13.5 Å². The van der Waals surface area contributed by atoms with Crippen LogP contribution in [0.1, 0.15) is 11.1 Å². The molecule has 0 aliphatic carbocycles. The number of carbonyl (C=O) groups is 2. The van der Waals surface area contributed by atoms with E-state index in [0.717, 1.165) is 5.56 Å². The van der Waals surface area contributed by atoms with Gasteiger partial charge in [-0.25, -0.2) is 0 Å². The van der Waals surface area contributed by atoms with Gasteiger partial charge in [-0.3, -0.25) is 20.4 Å². The van der Waals surface area contributed by atoms with Crippen LogP contribution in [0.25, 0.3) is 0 Å². The lowest BCUT2D eigenvalue weighted by atomic mass is 10.1. The number of hydrogen-bond acceptors (Lipinski definition) is 4. The molecular formula is C18H19ClN2O4. The SMILES string of the molecule is COc1ccc(Cl)cc1CC(=O)NNC(=O)COc1ccccc1C. The number of rotatable bonds is 6. The molecule has 0 radical (unpaired) electrons. The van der Waals surface area contributed by atoms with Gasteiger partial charge in [0.2, 0.25) is 5.91 Å². The number of para-hydroxylation sites is 1. The summed E-state index contributed by atoms with van der Waals surface area (Å²) in [5.41, 5.74) is 6.19. The number of carbonyl (C=O) groups excluding carboxylic acids is 2. The zero-order valence-electron chi connectivity index (χ0n) is 14.0. The average molecular weight is 363 g/mol. The second-order valence-electron chi connectivity index (χ2n) is 5.28. The minimum absolute atomic E-state index is 0.0165. The van der Waals surface area contributed by atoms with E-state index in [0.29, 0.717) is 22.1 Å². The molecule has 2 amide bonds. The normalized spacial score (nSPS) is 10.0. The van der Waals surface area contributed by atoms with Crippen LogP contribution < -0.4 is 20.3 Å². The van der Waals surface area contributed by atoms with Gasteiger partial charge in [0.25, 0.3) is 5.91 Å². The predicted molar refractivity (Wildman–Crippen MR) is 94.7 cm³/mol. The Morgan fingerprint density at radius 1 is 1.04 bits per heavy atom. The van der Waals surface area contributed by atoms with Crippen LogP contribution in [-0.2, 0) is 16.0 Å². The van der Waals surface area contributed by atoms with Crippen molar-refractivity contribution in [3.05, 3.63) is 58.6 Å². The molecule has 2 N–H and O–H groups in total. The number of halogens is 1. The molecule has 0 atom stereocenters. The van der Waals surface area contributed by atoms with Gasteiger partial charge in [-0.1, -0.05) is 29.8 Å². The second-order valence-corrected chi connectivity index (χ2v) is 5.72. The second kappa shape index (κ2) is 8.94. The number of aryl methyl sites for hydroxylation is 1. The first-order valence-corrected chi connectivity index (χ1v) is 7.96. The van der Waals surface area contributed by atoms with Crippen molar-refractivity contribution >= 4 is 23.4 Å². The highest BCUT2D eigenvalue weighted by Crippen LogP contribution is 2.22. The molecule has 0 aromatic heterocycles. The monoisotopic (exact) mass is 362 g/mol. The van der Waals surface area contributed by atoms with E-state index < -0.39 is 11.8 Å². The molecule has 25 heavy (non-hydrogen) atoms. The van der Waals surface area contributed by atoms with Gasteiger partial charge in [-0.05, 0) is 36.8 Å². The summed E-state index contributed by atoms with van der Waals surface area (Å²) in [6.07, 6.45) is 0.0165. The third-order valence-corrected chi connectivity index (χ3v) is 3.62. The Morgan fingerprint density at radius 3 is 2.48 bits per heavy atom. The van der Waals surface area contributed by atoms with Crippen LogP contribution in [0.15, 0.2) is 42.5 Å². The lowest BCUT2D eigenvalue weighted by molar-refractivity contribution is -0.129. The first-order chi connectivity index (χ1) is 12.0. The highest BCUT2D eigenvalue weighted by molar-refractivity contribution is 6.30. The molecule has 6 nitrogen and oxygen atoms in total. The molecular weight excluding hydrogens is 344 g/mol. The zero-order chi connectivity index (χ0) is 18.2. The molecule has 2 aromatic rings. The summed E-state index contributed by atoms with van der Waals surface area (Å²) in [4.78, 5) is 23.7. The van der Waals surface area contributed by atoms with Crippen LogP contribution in [0.4, 0.5) is 0 Å². The third kappa shape index (κ3) is 5.69. The van der Waals surface area contributed by atoms with Gasteiger partial charge >= 0.3 is 0 Å². The van der Waals surface area contributed by atoms with Gasteiger partial charge in [0, 0.05) is 10.6 Å². The Kier molecular flexibility index (Phi) is 6.65. The van der Waals surface area contributed by atoms with Crippen LogP contribution in [0.5, 0.6) is 11.5 Å². The van der Waals surface area contributed by atoms with Crippen molar-refractivity contribution in [1.82, 2.24) is 10.9 Å². The molecule has 0 fully saturated rings. The van der Waals surface area contributed by atoms with Crippen molar-refractivity contribution in [2.75, 3.05) is 13.7 Å². The lowest BCUT2D eigenvalue weighted by Gasteiger charge is -2.11. The molecule has 0 saturated carbocycles. The lowest BCUT2D eigenvalue weighted by Crippen LogP contribution is -2.44. The van der Waals surface area contributed by atoms with Gasteiger partial charge < -0.3 is 9.47 Å². The molecule has 7 heteroatoms. The summed E-state index contributed by atoms with van der Waals surface area (Å²) in [6, 6.07) is 12.3. The molecule has 2 rings (SSSR count). The number of hydrazine groups is 1. The van der Waals surface area contributed by atoms with Crippen molar-refractivity contribution in [3.63, 3.8) is 0 Å². The Hall–Kier alpha value is -2.73. The zero-order valence-corrected chi connectivity index (χ0v) is 14.7. The summed E-state index contributed by atoms with van der Waals surface area (Å²) in [6.45, 7) is 1.68. The molecule has 132 valence electrons. The molecule has 0 aliphatic rings. The number of amides is 2. The maximum Gasteiger partial charge on any atom is 0.276 e. The van der Waals surface area contributed by atoms with Crippen molar-refractivity contribution in [3.8, 4) is 11.5 Å². The van der Waals surface area contributed by atoms with Gasteiger partial charge in [0.1, 0.15) is 11.5 Å². The molecule has 2 aromatic carbocycles. The van der Waals surface area contributed by atoms with Crippen molar-refractivity contribution in [2.24, 2.45) is 0 Å². The van der Waals surface area contributed by atoms with Crippen LogP contribution in [0, 0.1) is 6.92 Å². The third-order valence-electron chi connectivity index (χ3n) is 3.39. The molecule has 0 heterocycles. The summed E-state index contributed by atoms with van der Waals surface area (Å²) < 4.78 is 10.6. The van der Waals surface area contributed by atoms with Gasteiger partial charge in [-0.15, -0.1) is 0 Å². The minimum atomic E-state index is -0.463. The van der Waals surface area contributed by atoms with E-state index in [1.165, 1.54) is 7.11 Å². The smallest absolute Gasteiger partial charge is 0.276 e. The largest absolute Gasteiger partial charge is 0.496 e. The van der Waals surface area contributed by atoms with E-state index in [-0.39, 0.29) is 13.0 Å². The van der Waals surface area contributed by atoms with Crippen LogP contribution in [0.3, 0.4) is 0 Å². The quantitative estimate of drug-likeness (QED) is 0.774. The topological polar surface area (TPSA) is 76.7 Å². The van der Waals surface area contributed by atoms with Crippen molar-refractivity contribution < 1.29 is 19.1 Å². The number of ether oxygens (including phenoxy) is 2. The summed E-state index contributed by atoms with van der Waals surface area (Å²) in [5.74, 6) is 0.306. The highest BCUT2D eigenvalue weighted by atomic mass is 35.5. The Morgan fingerprint density at radius 2 is 1.76 bits per heavy atom. The number of benzene rings is 2. The van der Waals surface area contributed by atoms with Crippen molar-refractivity contribution in [2.45, 2.75) is 13.3 Å². The fourth-order valence-electron chi connectivity index (χ4n) is 2.14. The van der Waals surface area contributed by atoms with Crippen LogP contribution >= 0.6 is 11.6 Å². The highest BCUT2D eigenvalue weighted by Gasteiger charge is 2.11. The van der Waals surface area contributed by atoms with E-state index >= 15 is 0 Å². The Balaban J connectivity index is 1.81. The molecule has 0 bridgehead atoms. The maximum atomic E-state index is 12.0. The number of nitrogens with one attached hydrogen (secondary N) is 2. The average Bonchev–Trinajstić information content (AvgIpc) is 2.59. The summed E-state index contributed by atoms with van der Waals surface area (Å²) in [5, 5.41) is 0.499. The molecule has 0 aliphatic heterocycles. The number of hydrogen-bond donors (Lipinski definition) is 2. The van der Waals surface area contributed by atoms with E-state index in [2.05, 4.69) is 10.9 Å². The van der Waals surface area contributed by atoms with Gasteiger partial charge in [0.15, 0.2) is 6.61 Å². The van der Waals surface area contributed by atoms with E-state index in [1.807, 2.05) is 25.1 Å². The van der Waals surface area contributed by atoms with E-state index in [1.54, 1.807) is 24.3 Å². The first kappa shape index (κ1) is 18.6. The fourth-order valence-corrected chi connectivity index (χ4v) is 2.33. The predicted octanol–water partition coefficient (Wildman–Crippen LogP) is 2.43. The van der Waals surface area contributed by atoms with Crippen LogP contribution in [-0.4, -0.2) is 25.5 Å². The maximum absolute atomic E-state index is 12.0. The van der Waals surface area contributed by atoms with E-state index in [4.69, 9.17) is 21.1 Å². The summed E-state index contributed by atoms with van der Waals surface area (Å²) >= 11 is 5.92. The molecule has 0 unspecified atom stereocenters. The minimum Gasteiger partial charge on any atom is -0.496 e. The Bertz CT molecular complexity index is 764. The standard InChI is InChI=1S/C18H19ClN2O4/c1-12-5-3-4-6-15(12)25-11-18(23)21-20-17(22)10-13-9-14(19)7-8-16(13)24-2/h3-9H,10-11H2,1-2H3,(H,20,22)(H,21,23). The van der Waals surface area contributed by atoms with Crippen molar-refractivity contribution in [1.29, 1.82) is 0 Å². The van der Waals surface area contributed by atoms with E-state index in [9.17, 15) is 9.59 Å². The first-order valence-electron chi connectivity index (χ1n) is 7.58. The number of methoxy groups -OCH3 is 1. The molecule has 0 saturated heterocycles. The molecule has 0 spiro atoms. The summed E-state index contributed by atoms with van der Waals surface area (Å²) in [7, 11) is 1.51. The van der Waals surface area contributed by atoms with Gasteiger partial charge in [-0.2, -0.15) is 0 Å². The Labute approximate surface area is 151 Å². The van der Waals surface area contributed by atoms with Crippen LogP contribution in [0.2, 0.25) is 5.02 Å².